The zero-order chi connectivity index (χ0) is 77.7. The zero-order valence-electron chi connectivity index (χ0n) is 64.7. The average molecular weight is 1490 g/mol. The molecular weight excluding hydrogens is 1420 g/mol. The Hall–Kier alpha value is -15.3. The third-order valence-corrected chi connectivity index (χ3v) is 25.0. The molecule has 0 amide bonds. The van der Waals surface area contributed by atoms with E-state index in [1.807, 2.05) is 0 Å². The molecule has 0 N–H and O–H groups in total. The molecule has 0 aliphatic rings. The summed E-state index contributed by atoms with van der Waals surface area (Å²) in [5, 5.41) is 41.3. The second kappa shape index (κ2) is 28.3. The Kier molecular flexibility index (Phi) is 16.4. The second-order valence-electron chi connectivity index (χ2n) is 31.5. The molecule has 0 radical (unpaired) electrons. The highest BCUT2D eigenvalue weighted by molar-refractivity contribution is 6.36. The van der Waals surface area contributed by atoms with Crippen molar-refractivity contribution >= 4 is 172 Å². The Labute approximate surface area is 683 Å². The lowest BCUT2D eigenvalue weighted by molar-refractivity contribution is 1.66. The van der Waals surface area contributed by atoms with Crippen molar-refractivity contribution in [2.45, 2.75) is 0 Å². The maximum Gasteiger partial charge on any atom is -0.00141 e. The van der Waals surface area contributed by atoms with Crippen LogP contribution in [0.3, 0.4) is 0 Å². The van der Waals surface area contributed by atoms with E-state index in [0.29, 0.717) is 0 Å². The highest BCUT2D eigenvalue weighted by Gasteiger charge is 2.23. The second-order valence-corrected chi connectivity index (χ2v) is 31.5. The third kappa shape index (κ3) is 11.4. The first-order valence-corrected chi connectivity index (χ1v) is 41.0. The van der Waals surface area contributed by atoms with Gasteiger partial charge in [0.05, 0.1) is 0 Å². The molecule has 0 unspecified atom stereocenters. The van der Waals surface area contributed by atoms with Crippen LogP contribution in [0.4, 0.5) is 0 Å². The molecule has 25 rings (SSSR count). The highest BCUT2D eigenvalue weighted by atomic mass is 14.3. The van der Waals surface area contributed by atoms with Crippen LogP contribution in [0.15, 0.2) is 449 Å². The van der Waals surface area contributed by atoms with Crippen LogP contribution < -0.4 is 0 Å². The summed E-state index contributed by atoms with van der Waals surface area (Å²) >= 11 is 0. The molecule has 0 aliphatic heterocycles. The topological polar surface area (TPSA) is 0 Å². The average Bonchev–Trinajstić information content (AvgIpc) is 0.726. The predicted octanol–water partition coefficient (Wildman–Crippen LogP) is 33.5. The number of hydrogen-bond acceptors (Lipinski definition) is 0. The van der Waals surface area contributed by atoms with Crippen LogP contribution in [0.25, 0.3) is 239 Å². The van der Waals surface area contributed by atoms with Gasteiger partial charge < -0.3 is 0 Å². The maximum absolute atomic E-state index is 2.39. The minimum Gasteiger partial charge on any atom is -0.0622 e. The van der Waals surface area contributed by atoms with E-state index in [9.17, 15) is 0 Å². The van der Waals surface area contributed by atoms with Crippen molar-refractivity contribution in [2.24, 2.45) is 0 Å². The minimum atomic E-state index is 1.25. The van der Waals surface area contributed by atoms with E-state index in [2.05, 4.69) is 449 Å². The number of fused-ring (bicyclic) bond motifs is 25. The summed E-state index contributed by atoms with van der Waals surface area (Å²) < 4.78 is 0. The Morgan fingerprint density at radius 3 is 0.593 bits per heavy atom. The molecule has 0 saturated carbocycles. The standard InChI is InChI=1S/2C42H26.C34H22/c1-5-17-31-27(11-1)15-9-21-35(31)39-25-29-13-3-7-19-33(29)41-37(39)23-24-38-40(26-30-14-4-8-20-34(30)42(38)41)36-22-10-16-28-12-2-6-18-32(28)36;1-3-11-29-23-33(19-17-27(29)9-1)39-25-31-13-5-7-15-35(31)41-37(39)21-22-38-40(26-32-14-6-8-16-36(32)42(38)41)34-20-18-28-10-2-4-12-30(28)24-34;1-3-11-23(12-4-1)31-21-25-15-7-9-17-27(25)33-29(31)19-20-30-32(24-13-5-2-6-14-24)22-26-16-8-10-18-28(26)34(30)33/h2*1-26H;1-22H. The van der Waals surface area contributed by atoms with Gasteiger partial charge >= 0.3 is 0 Å². The van der Waals surface area contributed by atoms with Crippen LogP contribution in [0.1, 0.15) is 0 Å². The van der Waals surface area contributed by atoms with Gasteiger partial charge in [0.1, 0.15) is 0 Å². The summed E-state index contributed by atoms with van der Waals surface area (Å²) in [6, 6.07) is 165. The summed E-state index contributed by atoms with van der Waals surface area (Å²) in [5.41, 5.74) is 15.2. The molecule has 25 aromatic rings. The predicted molar refractivity (Wildman–Crippen MR) is 512 cm³/mol. The summed E-state index contributed by atoms with van der Waals surface area (Å²) in [4.78, 5) is 0. The summed E-state index contributed by atoms with van der Waals surface area (Å²) in [6.45, 7) is 0. The van der Waals surface area contributed by atoms with Gasteiger partial charge in [0.15, 0.2) is 0 Å². The molecule has 0 spiro atoms. The van der Waals surface area contributed by atoms with Gasteiger partial charge in [0, 0.05) is 0 Å². The van der Waals surface area contributed by atoms with Crippen molar-refractivity contribution in [1.82, 2.24) is 0 Å². The Balaban J connectivity index is 0.000000105. The van der Waals surface area contributed by atoms with E-state index in [0.717, 1.165) is 0 Å². The van der Waals surface area contributed by atoms with Crippen molar-refractivity contribution in [3.05, 3.63) is 449 Å². The lowest BCUT2D eigenvalue weighted by atomic mass is 9.84. The molecule has 0 heteroatoms. The number of hydrogen-bond donors (Lipinski definition) is 0. The molecule has 0 heterocycles. The first-order valence-electron chi connectivity index (χ1n) is 41.0. The lowest BCUT2D eigenvalue weighted by Gasteiger charge is -2.19. The van der Waals surface area contributed by atoms with E-state index < -0.39 is 0 Å². The van der Waals surface area contributed by atoms with Crippen LogP contribution in [-0.4, -0.2) is 0 Å². The van der Waals surface area contributed by atoms with Crippen LogP contribution in [0.5, 0.6) is 0 Å². The van der Waals surface area contributed by atoms with Crippen molar-refractivity contribution < 1.29 is 0 Å². The van der Waals surface area contributed by atoms with Gasteiger partial charge in [-0.25, -0.2) is 0 Å². The molecular formula is C118H74. The summed E-state index contributed by atoms with van der Waals surface area (Å²) in [7, 11) is 0. The molecule has 0 atom stereocenters. The molecule has 546 valence electrons. The number of rotatable bonds is 6. The van der Waals surface area contributed by atoms with E-state index in [1.165, 1.54) is 239 Å². The largest absolute Gasteiger partial charge is 0.0622 e. The first-order chi connectivity index (χ1) is 58.5. The molecule has 0 fully saturated rings. The van der Waals surface area contributed by atoms with Gasteiger partial charge in [-0.1, -0.05) is 400 Å². The van der Waals surface area contributed by atoms with Crippen LogP contribution in [0.2, 0.25) is 0 Å². The van der Waals surface area contributed by atoms with E-state index in [1.54, 1.807) is 0 Å². The molecule has 0 bridgehead atoms. The molecule has 25 aromatic carbocycles. The fraction of sp³-hybridized carbons (Fsp3) is 0. The van der Waals surface area contributed by atoms with E-state index >= 15 is 0 Å². The quantitative estimate of drug-likeness (QED) is 0.146. The fourth-order valence-corrected chi connectivity index (χ4v) is 19.6. The van der Waals surface area contributed by atoms with Crippen molar-refractivity contribution in [3.8, 4) is 66.8 Å². The molecule has 0 aliphatic carbocycles. The molecule has 0 nitrogen and oxygen atoms in total. The van der Waals surface area contributed by atoms with Crippen LogP contribution in [-0.2, 0) is 0 Å². The highest BCUT2D eigenvalue weighted by Crippen LogP contribution is 2.50. The first kappa shape index (κ1) is 68.3. The van der Waals surface area contributed by atoms with Gasteiger partial charge in [-0.05, 0) is 288 Å². The summed E-state index contributed by atoms with van der Waals surface area (Å²) in [5.74, 6) is 0. The monoisotopic (exact) mass is 1490 g/mol. The van der Waals surface area contributed by atoms with Gasteiger partial charge in [0.2, 0.25) is 0 Å². The van der Waals surface area contributed by atoms with Crippen LogP contribution >= 0.6 is 0 Å². The Morgan fingerprint density at radius 1 is 0.0847 bits per heavy atom. The van der Waals surface area contributed by atoms with Gasteiger partial charge in [-0.15, -0.1) is 0 Å². The van der Waals surface area contributed by atoms with Gasteiger partial charge in [-0.2, -0.15) is 0 Å². The minimum absolute atomic E-state index is 1.25. The molecule has 0 saturated heterocycles. The SMILES string of the molecule is c1ccc(-c2cc3ccccc3c3c2ccc2c(-c4ccccc4)cc4ccccc4c23)cc1.c1ccc2c(-c3cc4ccccc4c4c3ccc3c(-c5cccc6ccccc56)cc5ccccc5c34)cccc2c1.c1ccc2cc(-c3cc4ccccc4c4c3ccc3c(-c5ccc6ccccc6c5)cc5ccccc5c34)ccc2c1. The van der Waals surface area contributed by atoms with E-state index in [-0.39, 0.29) is 0 Å². The fourth-order valence-electron chi connectivity index (χ4n) is 19.6. The Morgan fingerprint density at radius 2 is 0.297 bits per heavy atom. The van der Waals surface area contributed by atoms with E-state index in [4.69, 9.17) is 0 Å². The van der Waals surface area contributed by atoms with Gasteiger partial charge in [-0.3, -0.25) is 0 Å². The molecule has 118 heavy (non-hydrogen) atoms. The summed E-state index contributed by atoms with van der Waals surface area (Å²) in [6.07, 6.45) is 0. The van der Waals surface area contributed by atoms with Crippen molar-refractivity contribution in [3.63, 3.8) is 0 Å². The smallest absolute Gasteiger partial charge is 0.00141 e. The maximum atomic E-state index is 2.39. The van der Waals surface area contributed by atoms with Crippen LogP contribution in [0, 0.1) is 0 Å². The van der Waals surface area contributed by atoms with Crippen molar-refractivity contribution in [2.75, 3.05) is 0 Å². The lowest BCUT2D eigenvalue weighted by Crippen LogP contribution is -1.91. The van der Waals surface area contributed by atoms with Gasteiger partial charge in [0.25, 0.3) is 0 Å². The van der Waals surface area contributed by atoms with Crippen molar-refractivity contribution in [1.29, 1.82) is 0 Å². The zero-order valence-corrected chi connectivity index (χ0v) is 64.7. The Bertz CT molecular complexity index is 7920. The number of benzene rings is 25. The molecule has 0 aromatic heterocycles. The normalized spacial score (nSPS) is 11.7. The third-order valence-electron chi connectivity index (χ3n) is 25.0.